The summed E-state index contributed by atoms with van der Waals surface area (Å²) in [7, 11) is 0. The second-order valence-corrected chi connectivity index (χ2v) is 7.37. The van der Waals surface area contributed by atoms with Crippen LogP contribution in [0.4, 0.5) is 4.39 Å². The summed E-state index contributed by atoms with van der Waals surface area (Å²) in [5.74, 6) is -1.97. The predicted molar refractivity (Wildman–Crippen MR) is 103 cm³/mol. The molecule has 1 aliphatic heterocycles. The van der Waals surface area contributed by atoms with E-state index in [9.17, 15) is 19.1 Å². The highest BCUT2D eigenvalue weighted by atomic mass is 79.9. The van der Waals surface area contributed by atoms with Crippen LogP contribution in [0.15, 0.2) is 53.0 Å². The van der Waals surface area contributed by atoms with Gasteiger partial charge in [-0.25, -0.2) is 13.9 Å². The minimum absolute atomic E-state index is 0.0744. The Kier molecular flexibility index (Phi) is 4.72. The number of aromatic nitrogens is 2. The molecular formula is C20H15BrFN3O3. The Balaban J connectivity index is 1.71. The average Bonchev–Trinajstić information content (AvgIpc) is 3.07. The normalized spacial score (nSPS) is 13.3. The first-order valence-electron chi connectivity index (χ1n) is 8.59. The Morgan fingerprint density at radius 2 is 1.89 bits per heavy atom. The quantitative estimate of drug-likeness (QED) is 0.669. The fourth-order valence-electron chi connectivity index (χ4n) is 3.36. The standard InChI is InChI=1S/C20H15BrFN3O3/c21-13-4-6-15(7-5-13)25-17-8-9-24(11-16(17)18(23-25)20(27)28)19(26)12-2-1-3-14(22)10-12/h1-7,10H,8-9,11H2,(H,27,28). The van der Waals surface area contributed by atoms with Gasteiger partial charge in [-0.15, -0.1) is 0 Å². The van der Waals surface area contributed by atoms with E-state index in [1.807, 2.05) is 24.3 Å². The number of aromatic carboxylic acids is 1. The molecule has 28 heavy (non-hydrogen) atoms. The molecule has 1 N–H and O–H groups in total. The molecule has 1 aromatic heterocycles. The van der Waals surface area contributed by atoms with Crippen molar-refractivity contribution < 1.29 is 19.1 Å². The maximum atomic E-state index is 13.5. The molecule has 0 unspecified atom stereocenters. The molecule has 4 rings (SSSR count). The van der Waals surface area contributed by atoms with Gasteiger partial charge in [0, 0.05) is 28.6 Å². The number of amides is 1. The third kappa shape index (κ3) is 3.31. The third-order valence-corrected chi connectivity index (χ3v) is 5.22. The van der Waals surface area contributed by atoms with Crippen molar-refractivity contribution in [2.24, 2.45) is 0 Å². The molecule has 1 aliphatic rings. The van der Waals surface area contributed by atoms with Crippen molar-refractivity contribution >= 4 is 27.8 Å². The van der Waals surface area contributed by atoms with Crippen molar-refractivity contribution in [2.45, 2.75) is 13.0 Å². The van der Waals surface area contributed by atoms with Gasteiger partial charge in [0.2, 0.25) is 0 Å². The van der Waals surface area contributed by atoms with Gasteiger partial charge in [-0.1, -0.05) is 22.0 Å². The molecule has 0 spiro atoms. The highest BCUT2D eigenvalue weighted by Crippen LogP contribution is 2.27. The third-order valence-electron chi connectivity index (χ3n) is 4.69. The molecule has 2 aromatic carbocycles. The van der Waals surface area contributed by atoms with E-state index in [0.29, 0.717) is 18.5 Å². The van der Waals surface area contributed by atoms with Gasteiger partial charge in [0.1, 0.15) is 5.82 Å². The molecule has 0 radical (unpaired) electrons. The van der Waals surface area contributed by atoms with Gasteiger partial charge in [-0.3, -0.25) is 4.79 Å². The van der Waals surface area contributed by atoms with Gasteiger partial charge in [-0.2, -0.15) is 5.10 Å². The minimum Gasteiger partial charge on any atom is -0.476 e. The predicted octanol–water partition coefficient (Wildman–Crippen LogP) is 3.67. The van der Waals surface area contributed by atoms with Gasteiger partial charge in [0.25, 0.3) is 5.91 Å². The Morgan fingerprint density at radius 3 is 2.57 bits per heavy atom. The molecule has 0 fully saturated rings. The Labute approximate surface area is 168 Å². The molecule has 3 aromatic rings. The number of carboxylic acids is 1. The smallest absolute Gasteiger partial charge is 0.356 e. The fraction of sp³-hybridized carbons (Fsp3) is 0.150. The first kappa shape index (κ1) is 18.4. The van der Waals surface area contributed by atoms with Crippen LogP contribution in [0.3, 0.4) is 0 Å². The van der Waals surface area contributed by atoms with E-state index in [-0.39, 0.29) is 23.7 Å². The summed E-state index contributed by atoms with van der Waals surface area (Å²) in [6, 6.07) is 12.9. The second-order valence-electron chi connectivity index (χ2n) is 6.45. The lowest BCUT2D eigenvalue weighted by Gasteiger charge is -2.28. The van der Waals surface area contributed by atoms with Crippen molar-refractivity contribution in [1.82, 2.24) is 14.7 Å². The number of benzene rings is 2. The first-order valence-corrected chi connectivity index (χ1v) is 9.38. The minimum atomic E-state index is -1.15. The summed E-state index contributed by atoms with van der Waals surface area (Å²) in [5, 5.41) is 13.9. The highest BCUT2D eigenvalue weighted by Gasteiger charge is 2.31. The lowest BCUT2D eigenvalue weighted by atomic mass is 10.0. The summed E-state index contributed by atoms with van der Waals surface area (Å²) in [5.41, 5.74) is 2.18. The van der Waals surface area contributed by atoms with Crippen molar-refractivity contribution in [1.29, 1.82) is 0 Å². The van der Waals surface area contributed by atoms with E-state index in [4.69, 9.17) is 0 Å². The number of carbonyl (C=O) groups is 2. The summed E-state index contributed by atoms with van der Waals surface area (Å²) < 4.78 is 16.0. The SMILES string of the molecule is O=C(O)c1nn(-c2ccc(Br)cc2)c2c1CN(C(=O)c1cccc(F)c1)CC2. The number of hydrogen-bond donors (Lipinski definition) is 1. The maximum absolute atomic E-state index is 13.5. The molecule has 1 amide bonds. The zero-order valence-corrected chi connectivity index (χ0v) is 16.2. The Morgan fingerprint density at radius 1 is 1.14 bits per heavy atom. The molecule has 142 valence electrons. The largest absolute Gasteiger partial charge is 0.476 e. The number of rotatable bonds is 3. The first-order chi connectivity index (χ1) is 13.4. The van der Waals surface area contributed by atoms with Crippen molar-refractivity contribution in [3.8, 4) is 5.69 Å². The van der Waals surface area contributed by atoms with Crippen LogP contribution in [-0.2, 0) is 13.0 Å². The van der Waals surface area contributed by atoms with E-state index >= 15 is 0 Å². The molecule has 6 nitrogen and oxygen atoms in total. The summed E-state index contributed by atoms with van der Waals surface area (Å²) >= 11 is 3.38. The number of halogens is 2. The zero-order valence-electron chi connectivity index (χ0n) is 14.6. The van der Waals surface area contributed by atoms with E-state index in [1.165, 1.54) is 23.1 Å². The fourth-order valence-corrected chi connectivity index (χ4v) is 3.63. The van der Waals surface area contributed by atoms with Crippen LogP contribution in [-0.4, -0.2) is 38.2 Å². The van der Waals surface area contributed by atoms with Crippen molar-refractivity contribution in [3.05, 3.63) is 81.3 Å². The summed E-state index contributed by atoms with van der Waals surface area (Å²) in [4.78, 5) is 26.0. The lowest BCUT2D eigenvalue weighted by molar-refractivity contribution is 0.0674. The second kappa shape index (κ2) is 7.20. The van der Waals surface area contributed by atoms with Gasteiger partial charge < -0.3 is 10.0 Å². The van der Waals surface area contributed by atoms with Crippen LogP contribution in [0.5, 0.6) is 0 Å². The van der Waals surface area contributed by atoms with Crippen LogP contribution in [0.1, 0.15) is 32.1 Å². The number of fused-ring (bicyclic) bond motifs is 1. The number of carboxylic acid groups (broad SMARTS) is 1. The van der Waals surface area contributed by atoms with Gasteiger partial charge in [0.05, 0.1) is 17.9 Å². The molecule has 0 saturated carbocycles. The molecular weight excluding hydrogens is 429 g/mol. The van der Waals surface area contributed by atoms with E-state index in [0.717, 1.165) is 15.9 Å². The Hall–Kier alpha value is -3.00. The number of hydrogen-bond acceptors (Lipinski definition) is 3. The molecule has 8 heteroatoms. The van der Waals surface area contributed by atoms with Crippen LogP contribution >= 0.6 is 15.9 Å². The maximum Gasteiger partial charge on any atom is 0.356 e. The molecule has 0 aliphatic carbocycles. The van der Waals surface area contributed by atoms with Crippen LogP contribution in [0, 0.1) is 5.82 Å². The topological polar surface area (TPSA) is 75.4 Å². The van der Waals surface area contributed by atoms with E-state index < -0.39 is 11.8 Å². The monoisotopic (exact) mass is 443 g/mol. The zero-order chi connectivity index (χ0) is 19.8. The molecule has 2 heterocycles. The highest BCUT2D eigenvalue weighted by molar-refractivity contribution is 9.10. The number of carbonyl (C=O) groups excluding carboxylic acids is 1. The molecule has 0 atom stereocenters. The number of nitrogens with zero attached hydrogens (tertiary/aromatic N) is 3. The van der Waals surface area contributed by atoms with Crippen molar-refractivity contribution in [2.75, 3.05) is 6.54 Å². The molecule has 0 bridgehead atoms. The van der Waals surface area contributed by atoms with Crippen LogP contribution in [0.2, 0.25) is 0 Å². The lowest BCUT2D eigenvalue weighted by Crippen LogP contribution is -2.36. The van der Waals surface area contributed by atoms with E-state index in [1.54, 1.807) is 10.7 Å². The van der Waals surface area contributed by atoms with Gasteiger partial charge >= 0.3 is 5.97 Å². The summed E-state index contributed by atoms with van der Waals surface area (Å²) in [6.07, 6.45) is 0.451. The Bertz CT molecular complexity index is 1080. The van der Waals surface area contributed by atoms with Gasteiger partial charge in [-0.05, 0) is 42.5 Å². The summed E-state index contributed by atoms with van der Waals surface area (Å²) in [6.45, 7) is 0.506. The van der Waals surface area contributed by atoms with Gasteiger partial charge in [0.15, 0.2) is 5.69 Å². The molecule has 0 saturated heterocycles. The van der Waals surface area contributed by atoms with E-state index in [2.05, 4.69) is 21.0 Å². The van der Waals surface area contributed by atoms with Crippen molar-refractivity contribution in [3.63, 3.8) is 0 Å². The van der Waals surface area contributed by atoms with Crippen LogP contribution < -0.4 is 0 Å². The van der Waals surface area contributed by atoms with Crippen LogP contribution in [0.25, 0.3) is 5.69 Å². The average molecular weight is 444 g/mol.